The second-order valence-electron chi connectivity index (χ2n) is 6.05. The molecule has 1 atom stereocenters. The average Bonchev–Trinajstić information content (AvgIpc) is 2.66. The molecule has 1 amide bonds. The van der Waals surface area contributed by atoms with Crippen LogP contribution in [0.25, 0.3) is 0 Å². The van der Waals surface area contributed by atoms with E-state index in [2.05, 4.69) is 26.1 Å². The van der Waals surface area contributed by atoms with Gasteiger partial charge in [0.15, 0.2) is 0 Å². The van der Waals surface area contributed by atoms with E-state index in [9.17, 15) is 13.6 Å². The molecule has 7 heteroatoms. The van der Waals surface area contributed by atoms with Gasteiger partial charge in [-0.25, -0.2) is 8.78 Å². The summed E-state index contributed by atoms with van der Waals surface area (Å²) in [5.74, 6) is -1.37. The van der Waals surface area contributed by atoms with Crippen molar-refractivity contribution in [2.75, 3.05) is 32.8 Å². The Morgan fingerprint density at radius 3 is 2.54 bits per heavy atom. The molecule has 4 nitrogen and oxygen atoms in total. The molecule has 0 bridgehead atoms. The first kappa shape index (κ1) is 18.9. The smallest absolute Gasteiger partial charge is 0.254 e. The van der Waals surface area contributed by atoms with E-state index in [1.165, 1.54) is 24.3 Å². The van der Waals surface area contributed by atoms with Crippen LogP contribution in [-0.2, 0) is 4.74 Å². The second-order valence-corrected chi connectivity index (χ2v) is 6.97. The monoisotopic (exact) mass is 424 g/mol. The third-order valence-electron chi connectivity index (χ3n) is 4.37. The van der Waals surface area contributed by atoms with Gasteiger partial charge in [-0.3, -0.25) is 9.69 Å². The van der Waals surface area contributed by atoms with Crippen molar-refractivity contribution in [3.63, 3.8) is 0 Å². The Hall–Kier alpha value is -1.83. The Labute approximate surface area is 159 Å². The van der Waals surface area contributed by atoms with Gasteiger partial charge in [-0.1, -0.05) is 28.1 Å². The number of benzene rings is 2. The number of ether oxygens (including phenoxy) is 1. The number of hydrogen-bond donors (Lipinski definition) is 1. The van der Waals surface area contributed by atoms with Crippen molar-refractivity contribution in [2.45, 2.75) is 6.04 Å². The molecule has 1 N–H and O–H groups in total. The minimum Gasteiger partial charge on any atom is -0.379 e. The maximum atomic E-state index is 13.9. The molecule has 1 unspecified atom stereocenters. The number of carbonyl (C=O) groups excluding carboxylic acids is 1. The zero-order chi connectivity index (χ0) is 18.5. The number of nitrogens with one attached hydrogen (secondary N) is 1. The van der Waals surface area contributed by atoms with Gasteiger partial charge >= 0.3 is 0 Å². The minimum absolute atomic E-state index is 0.0146. The van der Waals surface area contributed by atoms with Crippen molar-refractivity contribution in [1.82, 2.24) is 10.2 Å². The summed E-state index contributed by atoms with van der Waals surface area (Å²) < 4.78 is 33.2. The fraction of sp³-hybridized carbons (Fsp3) is 0.316. The van der Waals surface area contributed by atoms with E-state index in [4.69, 9.17) is 4.74 Å². The zero-order valence-electron chi connectivity index (χ0n) is 14.1. The van der Waals surface area contributed by atoms with Gasteiger partial charge in [0.25, 0.3) is 5.91 Å². The largest absolute Gasteiger partial charge is 0.379 e. The highest BCUT2D eigenvalue weighted by Gasteiger charge is 2.24. The predicted molar refractivity (Wildman–Crippen MR) is 98.0 cm³/mol. The Kier molecular flexibility index (Phi) is 6.34. The Bertz CT molecular complexity index is 765. The standard InChI is InChI=1S/C19H19BrF2N2O2/c20-14-3-6-17(22)16(11-14)19(25)23-12-18(24-7-9-26-10-8-24)13-1-4-15(21)5-2-13/h1-6,11,18H,7-10,12H2,(H,23,25). The van der Waals surface area contributed by atoms with Gasteiger partial charge in [0.1, 0.15) is 11.6 Å². The van der Waals surface area contributed by atoms with Crippen LogP contribution in [0.1, 0.15) is 22.0 Å². The lowest BCUT2D eigenvalue weighted by molar-refractivity contribution is 0.0162. The molecule has 1 aliphatic rings. The summed E-state index contributed by atoms with van der Waals surface area (Å²) in [6.45, 7) is 2.92. The lowest BCUT2D eigenvalue weighted by Gasteiger charge is -2.35. The lowest BCUT2D eigenvalue weighted by Crippen LogP contribution is -2.43. The molecule has 3 rings (SSSR count). The van der Waals surface area contributed by atoms with Crippen LogP contribution in [-0.4, -0.2) is 43.7 Å². The van der Waals surface area contributed by atoms with Crippen LogP contribution < -0.4 is 5.32 Å². The van der Waals surface area contributed by atoms with Gasteiger partial charge < -0.3 is 10.1 Å². The molecular formula is C19H19BrF2N2O2. The number of carbonyl (C=O) groups is 1. The molecule has 1 heterocycles. The highest BCUT2D eigenvalue weighted by Crippen LogP contribution is 2.22. The summed E-state index contributed by atoms with van der Waals surface area (Å²) in [7, 11) is 0. The van der Waals surface area contributed by atoms with Crippen LogP contribution in [0.4, 0.5) is 8.78 Å². The molecule has 0 radical (unpaired) electrons. The molecule has 1 aliphatic heterocycles. The van der Waals surface area contributed by atoms with E-state index in [-0.39, 0.29) is 24.0 Å². The summed E-state index contributed by atoms with van der Waals surface area (Å²) in [5, 5.41) is 2.80. The summed E-state index contributed by atoms with van der Waals surface area (Å²) in [5.41, 5.74) is 0.877. The topological polar surface area (TPSA) is 41.6 Å². The Balaban J connectivity index is 1.75. The fourth-order valence-corrected chi connectivity index (χ4v) is 3.35. The van der Waals surface area contributed by atoms with Crippen molar-refractivity contribution >= 4 is 21.8 Å². The first-order valence-electron chi connectivity index (χ1n) is 8.35. The number of amides is 1. The van der Waals surface area contributed by atoms with E-state index in [1.807, 2.05) is 0 Å². The van der Waals surface area contributed by atoms with E-state index in [0.717, 1.165) is 5.56 Å². The quantitative estimate of drug-likeness (QED) is 0.797. The van der Waals surface area contributed by atoms with Crippen molar-refractivity contribution < 1.29 is 18.3 Å². The van der Waals surface area contributed by atoms with Gasteiger partial charge in [-0.2, -0.15) is 0 Å². The first-order chi connectivity index (χ1) is 12.5. The molecule has 0 saturated carbocycles. The molecule has 1 fully saturated rings. The molecule has 2 aromatic rings. The van der Waals surface area contributed by atoms with Crippen LogP contribution in [0.3, 0.4) is 0 Å². The summed E-state index contributed by atoms with van der Waals surface area (Å²) in [6, 6.07) is 10.3. The molecular weight excluding hydrogens is 406 g/mol. The molecule has 1 saturated heterocycles. The maximum Gasteiger partial charge on any atom is 0.254 e. The van der Waals surface area contributed by atoms with Crippen LogP contribution in [0.2, 0.25) is 0 Å². The highest BCUT2D eigenvalue weighted by atomic mass is 79.9. The van der Waals surface area contributed by atoms with Crippen molar-refractivity contribution in [3.8, 4) is 0 Å². The van der Waals surface area contributed by atoms with Gasteiger partial charge in [-0.05, 0) is 35.9 Å². The molecule has 0 aliphatic carbocycles. The van der Waals surface area contributed by atoms with Crippen LogP contribution >= 0.6 is 15.9 Å². The molecule has 138 valence electrons. The summed E-state index contributed by atoms with van der Waals surface area (Å²) in [6.07, 6.45) is 0. The third kappa shape index (κ3) is 4.66. The lowest BCUT2D eigenvalue weighted by atomic mass is 10.0. The molecule has 0 aromatic heterocycles. The predicted octanol–water partition coefficient (Wildman–Crippen LogP) is 3.53. The van der Waals surface area contributed by atoms with Crippen LogP contribution in [0.5, 0.6) is 0 Å². The highest BCUT2D eigenvalue weighted by molar-refractivity contribution is 9.10. The Morgan fingerprint density at radius 1 is 1.15 bits per heavy atom. The molecule has 26 heavy (non-hydrogen) atoms. The minimum atomic E-state index is -0.574. The fourth-order valence-electron chi connectivity index (χ4n) is 2.99. The number of rotatable bonds is 5. The summed E-state index contributed by atoms with van der Waals surface area (Å²) >= 11 is 3.25. The average molecular weight is 425 g/mol. The number of halogens is 3. The van der Waals surface area contributed by atoms with Crippen LogP contribution in [0.15, 0.2) is 46.9 Å². The molecule has 0 spiro atoms. The molecule has 2 aromatic carbocycles. The summed E-state index contributed by atoms with van der Waals surface area (Å²) in [4.78, 5) is 14.6. The first-order valence-corrected chi connectivity index (χ1v) is 9.14. The van der Waals surface area contributed by atoms with E-state index in [1.54, 1.807) is 18.2 Å². The van der Waals surface area contributed by atoms with E-state index < -0.39 is 11.7 Å². The van der Waals surface area contributed by atoms with E-state index in [0.29, 0.717) is 30.8 Å². The SMILES string of the molecule is O=C(NCC(c1ccc(F)cc1)N1CCOCC1)c1cc(Br)ccc1F. The van der Waals surface area contributed by atoms with E-state index >= 15 is 0 Å². The van der Waals surface area contributed by atoms with Crippen LogP contribution in [0, 0.1) is 11.6 Å². The zero-order valence-corrected chi connectivity index (χ0v) is 15.6. The van der Waals surface area contributed by atoms with Gasteiger partial charge in [0.2, 0.25) is 0 Å². The number of nitrogens with zero attached hydrogens (tertiary/aromatic N) is 1. The third-order valence-corrected chi connectivity index (χ3v) is 4.86. The number of hydrogen-bond acceptors (Lipinski definition) is 3. The number of morpholine rings is 1. The van der Waals surface area contributed by atoms with Crippen molar-refractivity contribution in [3.05, 3.63) is 69.7 Å². The van der Waals surface area contributed by atoms with Gasteiger partial charge in [0.05, 0.1) is 24.8 Å². The maximum absolute atomic E-state index is 13.9. The normalized spacial score (nSPS) is 16.3. The Morgan fingerprint density at radius 2 is 1.85 bits per heavy atom. The second kappa shape index (κ2) is 8.70. The van der Waals surface area contributed by atoms with Crippen molar-refractivity contribution in [2.24, 2.45) is 0 Å². The van der Waals surface area contributed by atoms with Crippen molar-refractivity contribution in [1.29, 1.82) is 0 Å². The van der Waals surface area contributed by atoms with Gasteiger partial charge in [-0.15, -0.1) is 0 Å². The van der Waals surface area contributed by atoms with Gasteiger partial charge in [0, 0.05) is 24.1 Å².